The third kappa shape index (κ3) is 1.52. The first-order chi connectivity index (χ1) is 6.81. The van der Waals surface area contributed by atoms with Gasteiger partial charge in [-0.25, -0.2) is 9.97 Å². The number of nitrogens with zero attached hydrogens (tertiary/aromatic N) is 3. The van der Waals surface area contributed by atoms with Crippen molar-refractivity contribution in [1.29, 1.82) is 5.26 Å². The molecule has 0 spiro atoms. The zero-order valence-electron chi connectivity index (χ0n) is 6.94. The Morgan fingerprint density at radius 3 is 3.00 bits per heavy atom. The van der Waals surface area contributed by atoms with Crippen LogP contribution in [-0.2, 0) is 0 Å². The van der Waals surface area contributed by atoms with Gasteiger partial charge in [0.2, 0.25) is 0 Å². The molecule has 0 unspecified atom stereocenters. The van der Waals surface area contributed by atoms with E-state index in [0.29, 0.717) is 16.1 Å². The third-order valence-corrected chi connectivity index (χ3v) is 2.19. The van der Waals surface area contributed by atoms with Crippen LogP contribution in [-0.4, -0.2) is 9.97 Å². The van der Waals surface area contributed by atoms with Crippen LogP contribution in [0, 0.1) is 11.3 Å². The molecule has 0 saturated heterocycles. The normalized spacial score (nSPS) is 9.71. The van der Waals surface area contributed by atoms with Gasteiger partial charge >= 0.3 is 0 Å². The number of nitriles is 1. The summed E-state index contributed by atoms with van der Waals surface area (Å²) in [4.78, 5) is 8.05. The van der Waals surface area contributed by atoms with Crippen molar-refractivity contribution < 1.29 is 4.42 Å². The van der Waals surface area contributed by atoms with E-state index in [1.54, 1.807) is 24.6 Å². The van der Waals surface area contributed by atoms with Gasteiger partial charge in [0, 0.05) is 0 Å². The molecule has 14 heavy (non-hydrogen) atoms. The van der Waals surface area contributed by atoms with E-state index in [-0.39, 0.29) is 5.69 Å². The molecule has 0 aliphatic rings. The smallest absolute Gasteiger partial charge is 0.174 e. The van der Waals surface area contributed by atoms with Crippen molar-refractivity contribution in [3.05, 3.63) is 34.9 Å². The largest absolute Gasteiger partial charge is 0.463 e. The van der Waals surface area contributed by atoms with E-state index in [9.17, 15) is 0 Å². The molecule has 0 aromatic carbocycles. The molecule has 2 rings (SSSR count). The Morgan fingerprint density at radius 2 is 2.36 bits per heavy atom. The van der Waals surface area contributed by atoms with E-state index >= 15 is 0 Å². The molecule has 2 aromatic rings. The minimum Gasteiger partial charge on any atom is -0.463 e. The molecule has 0 atom stereocenters. The minimum absolute atomic E-state index is 0.249. The lowest BCUT2D eigenvalue weighted by Crippen LogP contribution is -1.91. The quantitative estimate of drug-likeness (QED) is 0.779. The van der Waals surface area contributed by atoms with Crippen LogP contribution in [0.5, 0.6) is 0 Å². The van der Waals surface area contributed by atoms with Gasteiger partial charge in [-0.1, -0.05) is 0 Å². The molecule has 0 radical (unpaired) electrons. The first-order valence-electron chi connectivity index (χ1n) is 3.78. The standard InChI is InChI=1S/C9H4BrN3O/c10-9-6(4-11)13-7(5-12-9)8-2-1-3-14-8/h1-3,5H. The summed E-state index contributed by atoms with van der Waals surface area (Å²) in [5.41, 5.74) is 0.800. The van der Waals surface area contributed by atoms with Crippen molar-refractivity contribution in [2.24, 2.45) is 0 Å². The van der Waals surface area contributed by atoms with Crippen LogP contribution in [0.1, 0.15) is 5.69 Å². The summed E-state index contributed by atoms with van der Waals surface area (Å²) in [6, 6.07) is 5.45. The van der Waals surface area contributed by atoms with Crippen molar-refractivity contribution in [3.8, 4) is 17.5 Å². The molecule has 0 N–H and O–H groups in total. The van der Waals surface area contributed by atoms with E-state index < -0.39 is 0 Å². The molecule has 0 amide bonds. The molecule has 2 aromatic heterocycles. The second-order valence-corrected chi connectivity index (χ2v) is 3.23. The van der Waals surface area contributed by atoms with Crippen LogP contribution >= 0.6 is 15.9 Å². The lowest BCUT2D eigenvalue weighted by Gasteiger charge is -1.97. The molecule has 68 valence electrons. The fraction of sp³-hybridized carbons (Fsp3) is 0. The molecule has 5 heteroatoms. The van der Waals surface area contributed by atoms with Crippen LogP contribution in [0.2, 0.25) is 0 Å². The second kappa shape index (κ2) is 3.60. The number of hydrogen-bond donors (Lipinski definition) is 0. The summed E-state index contributed by atoms with van der Waals surface area (Å²) in [7, 11) is 0. The summed E-state index contributed by atoms with van der Waals surface area (Å²) < 4.78 is 5.57. The van der Waals surface area contributed by atoms with Gasteiger partial charge in [-0.3, -0.25) is 0 Å². The Hall–Kier alpha value is -1.67. The second-order valence-electron chi connectivity index (χ2n) is 2.48. The molecule has 0 fully saturated rings. The molecule has 0 saturated carbocycles. The highest BCUT2D eigenvalue weighted by molar-refractivity contribution is 9.10. The Morgan fingerprint density at radius 1 is 1.50 bits per heavy atom. The Bertz CT molecular complexity index is 487. The molecule has 0 aliphatic carbocycles. The zero-order chi connectivity index (χ0) is 9.97. The predicted molar refractivity (Wildman–Crippen MR) is 52.1 cm³/mol. The van der Waals surface area contributed by atoms with Crippen molar-refractivity contribution in [1.82, 2.24) is 9.97 Å². The van der Waals surface area contributed by atoms with Crippen LogP contribution in [0.25, 0.3) is 11.5 Å². The Balaban J connectivity index is 2.53. The molecule has 0 aliphatic heterocycles. The Kier molecular flexibility index (Phi) is 2.29. The van der Waals surface area contributed by atoms with Gasteiger partial charge < -0.3 is 4.42 Å². The van der Waals surface area contributed by atoms with Crippen LogP contribution in [0.15, 0.2) is 33.6 Å². The summed E-state index contributed by atoms with van der Waals surface area (Å²) in [5.74, 6) is 0.599. The fourth-order valence-corrected chi connectivity index (χ4v) is 1.27. The number of aromatic nitrogens is 2. The third-order valence-electron chi connectivity index (χ3n) is 1.61. The summed E-state index contributed by atoms with van der Waals surface area (Å²) >= 11 is 3.13. The summed E-state index contributed by atoms with van der Waals surface area (Å²) in [6.45, 7) is 0. The SMILES string of the molecule is N#Cc1nc(-c2ccco2)cnc1Br. The number of rotatable bonds is 1. The average Bonchev–Trinajstić information content (AvgIpc) is 2.71. The van der Waals surface area contributed by atoms with E-state index in [4.69, 9.17) is 9.68 Å². The van der Waals surface area contributed by atoms with Crippen LogP contribution < -0.4 is 0 Å². The van der Waals surface area contributed by atoms with Gasteiger partial charge in [-0.2, -0.15) is 5.26 Å². The molecular weight excluding hydrogens is 246 g/mol. The monoisotopic (exact) mass is 249 g/mol. The van der Waals surface area contributed by atoms with Gasteiger partial charge in [-0.15, -0.1) is 0 Å². The van der Waals surface area contributed by atoms with Crippen molar-refractivity contribution in [2.75, 3.05) is 0 Å². The maximum absolute atomic E-state index is 8.73. The van der Waals surface area contributed by atoms with E-state index in [0.717, 1.165) is 0 Å². The topological polar surface area (TPSA) is 62.7 Å². The van der Waals surface area contributed by atoms with Crippen molar-refractivity contribution >= 4 is 15.9 Å². The predicted octanol–water partition coefficient (Wildman–Crippen LogP) is 2.37. The van der Waals surface area contributed by atoms with Crippen molar-refractivity contribution in [2.45, 2.75) is 0 Å². The van der Waals surface area contributed by atoms with Crippen molar-refractivity contribution in [3.63, 3.8) is 0 Å². The highest BCUT2D eigenvalue weighted by atomic mass is 79.9. The number of furan rings is 1. The summed E-state index contributed by atoms with van der Waals surface area (Å²) in [6.07, 6.45) is 3.09. The summed E-state index contributed by atoms with van der Waals surface area (Å²) in [5, 5.41) is 8.73. The van der Waals surface area contributed by atoms with Gasteiger partial charge in [0.15, 0.2) is 11.5 Å². The highest BCUT2D eigenvalue weighted by Crippen LogP contribution is 2.19. The van der Waals surface area contributed by atoms with E-state index in [1.807, 2.05) is 6.07 Å². The zero-order valence-corrected chi connectivity index (χ0v) is 8.52. The van der Waals surface area contributed by atoms with Gasteiger partial charge in [0.1, 0.15) is 16.4 Å². The fourth-order valence-electron chi connectivity index (χ4n) is 0.989. The lowest BCUT2D eigenvalue weighted by molar-refractivity contribution is 0.579. The first-order valence-corrected chi connectivity index (χ1v) is 4.57. The molecule has 0 bridgehead atoms. The van der Waals surface area contributed by atoms with E-state index in [2.05, 4.69) is 25.9 Å². The van der Waals surface area contributed by atoms with Gasteiger partial charge in [0.25, 0.3) is 0 Å². The van der Waals surface area contributed by atoms with E-state index in [1.165, 1.54) is 0 Å². The molecule has 4 nitrogen and oxygen atoms in total. The highest BCUT2D eigenvalue weighted by Gasteiger charge is 2.07. The molecule has 2 heterocycles. The number of hydrogen-bond acceptors (Lipinski definition) is 4. The maximum Gasteiger partial charge on any atom is 0.174 e. The van der Waals surface area contributed by atoms with Gasteiger partial charge in [-0.05, 0) is 28.1 Å². The Labute approximate surface area is 88.3 Å². The van der Waals surface area contributed by atoms with Gasteiger partial charge in [0.05, 0.1) is 12.5 Å². The molecular formula is C9H4BrN3O. The first kappa shape index (κ1) is 8.91. The maximum atomic E-state index is 8.73. The minimum atomic E-state index is 0.249. The average molecular weight is 250 g/mol. The lowest BCUT2D eigenvalue weighted by atomic mass is 10.3. The van der Waals surface area contributed by atoms with Crippen LogP contribution in [0.4, 0.5) is 0 Å². The van der Waals surface area contributed by atoms with Crippen LogP contribution in [0.3, 0.4) is 0 Å². The number of halogens is 1.